The third-order valence-electron chi connectivity index (χ3n) is 3.17. The fourth-order valence-corrected chi connectivity index (χ4v) is 1.84. The van der Waals surface area contributed by atoms with Crippen molar-refractivity contribution in [3.63, 3.8) is 0 Å². The predicted octanol–water partition coefficient (Wildman–Crippen LogP) is 0.236. The molecule has 1 aromatic heterocycles. The third kappa shape index (κ3) is 3.04. The van der Waals surface area contributed by atoms with Crippen LogP contribution in [0.5, 0.6) is 0 Å². The molecule has 0 saturated heterocycles. The number of rotatable bonds is 4. The first kappa shape index (κ1) is 15.9. The van der Waals surface area contributed by atoms with Gasteiger partial charge in [-0.05, 0) is 25.3 Å². The van der Waals surface area contributed by atoms with Crippen molar-refractivity contribution in [2.75, 3.05) is 0 Å². The van der Waals surface area contributed by atoms with E-state index >= 15 is 0 Å². The van der Waals surface area contributed by atoms with Gasteiger partial charge in [0.25, 0.3) is 11.5 Å². The van der Waals surface area contributed by atoms with Crippen LogP contribution < -0.4 is 10.9 Å². The van der Waals surface area contributed by atoms with E-state index in [2.05, 4.69) is 10.4 Å². The number of carboxylic acids is 1. The van der Waals surface area contributed by atoms with E-state index < -0.39 is 23.5 Å². The summed E-state index contributed by atoms with van der Waals surface area (Å²) in [5.41, 5.74) is 0.401. The van der Waals surface area contributed by atoms with Crippen molar-refractivity contribution in [1.29, 1.82) is 0 Å². The molecule has 0 aromatic carbocycles. The van der Waals surface area contributed by atoms with Crippen LogP contribution in [0.2, 0.25) is 0 Å². The number of amides is 1. The van der Waals surface area contributed by atoms with E-state index in [0.29, 0.717) is 11.3 Å². The van der Waals surface area contributed by atoms with Gasteiger partial charge in [-0.25, -0.2) is 9.48 Å². The Hall–Kier alpha value is -2.18. The lowest BCUT2D eigenvalue weighted by atomic mass is 10.0. The van der Waals surface area contributed by atoms with E-state index in [4.69, 9.17) is 5.11 Å². The van der Waals surface area contributed by atoms with Crippen molar-refractivity contribution in [3.8, 4) is 0 Å². The SMILES string of the molecule is Cc1nn(C)c(=O)c(C(=O)N[C@H](C(=O)O)C(C)C)c1C. The summed E-state index contributed by atoms with van der Waals surface area (Å²) >= 11 is 0. The van der Waals surface area contributed by atoms with Crippen molar-refractivity contribution in [3.05, 3.63) is 27.2 Å². The van der Waals surface area contributed by atoms with Gasteiger partial charge in [-0.15, -0.1) is 0 Å². The van der Waals surface area contributed by atoms with Crippen LogP contribution in [-0.4, -0.2) is 32.8 Å². The summed E-state index contributed by atoms with van der Waals surface area (Å²) in [6.07, 6.45) is 0. The Labute approximate surface area is 116 Å². The molecule has 1 heterocycles. The summed E-state index contributed by atoms with van der Waals surface area (Å²) in [5, 5.41) is 15.4. The lowest BCUT2D eigenvalue weighted by Crippen LogP contribution is -2.46. The van der Waals surface area contributed by atoms with Gasteiger partial charge in [-0.1, -0.05) is 13.8 Å². The van der Waals surface area contributed by atoms with Crippen molar-refractivity contribution in [2.24, 2.45) is 13.0 Å². The Morgan fingerprint density at radius 1 is 1.30 bits per heavy atom. The number of aliphatic carboxylic acids is 1. The van der Waals surface area contributed by atoms with Gasteiger partial charge in [0.2, 0.25) is 0 Å². The van der Waals surface area contributed by atoms with Gasteiger partial charge in [-0.2, -0.15) is 5.10 Å². The molecular weight excluding hydrogens is 262 g/mol. The minimum absolute atomic E-state index is 0.0631. The fourth-order valence-electron chi connectivity index (χ4n) is 1.84. The molecule has 7 nitrogen and oxygen atoms in total. The molecule has 20 heavy (non-hydrogen) atoms. The van der Waals surface area contributed by atoms with Crippen molar-refractivity contribution in [1.82, 2.24) is 15.1 Å². The monoisotopic (exact) mass is 281 g/mol. The highest BCUT2D eigenvalue weighted by molar-refractivity contribution is 5.97. The number of aromatic nitrogens is 2. The number of nitrogens with one attached hydrogen (secondary N) is 1. The summed E-state index contributed by atoms with van der Waals surface area (Å²) in [4.78, 5) is 35.3. The Bertz CT molecular complexity index is 604. The van der Waals surface area contributed by atoms with Crippen LogP contribution in [0.15, 0.2) is 4.79 Å². The summed E-state index contributed by atoms with van der Waals surface area (Å²) in [6, 6.07) is -1.04. The second-order valence-corrected chi connectivity index (χ2v) is 5.05. The van der Waals surface area contributed by atoms with E-state index in [0.717, 1.165) is 4.68 Å². The third-order valence-corrected chi connectivity index (χ3v) is 3.17. The molecule has 1 atom stereocenters. The smallest absolute Gasteiger partial charge is 0.326 e. The summed E-state index contributed by atoms with van der Waals surface area (Å²) in [7, 11) is 1.45. The molecule has 0 fully saturated rings. The van der Waals surface area contributed by atoms with Crippen LogP contribution in [0.3, 0.4) is 0 Å². The van der Waals surface area contributed by atoms with Crippen LogP contribution in [0.25, 0.3) is 0 Å². The summed E-state index contributed by atoms with van der Waals surface area (Å²) < 4.78 is 1.07. The molecule has 0 saturated carbocycles. The van der Waals surface area contributed by atoms with Crippen molar-refractivity contribution >= 4 is 11.9 Å². The number of aryl methyl sites for hydroxylation is 2. The lowest BCUT2D eigenvalue weighted by Gasteiger charge is -2.18. The van der Waals surface area contributed by atoms with Crippen LogP contribution in [0.4, 0.5) is 0 Å². The molecule has 0 aliphatic carbocycles. The average molecular weight is 281 g/mol. The number of nitrogens with zero attached hydrogens (tertiary/aromatic N) is 2. The molecule has 0 bridgehead atoms. The number of hydrogen-bond acceptors (Lipinski definition) is 4. The standard InChI is InChI=1S/C13H19N3O4/c1-6(2)10(13(19)20)14-11(17)9-7(3)8(4)15-16(5)12(9)18/h6,10H,1-5H3,(H,14,17)(H,19,20)/t10-/m0/s1. The van der Waals surface area contributed by atoms with E-state index in [1.165, 1.54) is 7.05 Å². The summed E-state index contributed by atoms with van der Waals surface area (Å²) in [6.45, 7) is 6.66. The second kappa shape index (κ2) is 5.85. The maximum atomic E-state index is 12.2. The first-order valence-electron chi connectivity index (χ1n) is 6.25. The normalized spacial score (nSPS) is 12.3. The van der Waals surface area contributed by atoms with Crippen molar-refractivity contribution in [2.45, 2.75) is 33.7 Å². The van der Waals surface area contributed by atoms with Crippen LogP contribution >= 0.6 is 0 Å². The van der Waals surface area contributed by atoms with Gasteiger partial charge in [0, 0.05) is 7.05 Å². The van der Waals surface area contributed by atoms with Gasteiger partial charge >= 0.3 is 5.97 Å². The maximum absolute atomic E-state index is 12.2. The van der Waals surface area contributed by atoms with Crippen LogP contribution in [0, 0.1) is 19.8 Å². The highest BCUT2D eigenvalue weighted by Crippen LogP contribution is 2.08. The first-order chi connectivity index (χ1) is 9.16. The zero-order valence-corrected chi connectivity index (χ0v) is 12.2. The number of carboxylic acid groups (broad SMARTS) is 1. The molecular formula is C13H19N3O4. The molecule has 2 N–H and O–H groups in total. The zero-order valence-electron chi connectivity index (χ0n) is 12.2. The highest BCUT2D eigenvalue weighted by Gasteiger charge is 2.26. The molecule has 7 heteroatoms. The van der Waals surface area contributed by atoms with E-state index in [9.17, 15) is 14.4 Å². The number of hydrogen-bond donors (Lipinski definition) is 2. The molecule has 1 rings (SSSR count). The van der Waals surface area contributed by atoms with E-state index in [-0.39, 0.29) is 11.5 Å². The molecule has 0 radical (unpaired) electrons. The Kier molecular flexibility index (Phi) is 4.65. The predicted molar refractivity (Wildman–Crippen MR) is 72.7 cm³/mol. The molecule has 0 spiro atoms. The number of carbonyl (C=O) groups excluding carboxylic acids is 1. The Balaban J connectivity index is 3.23. The molecule has 0 unspecified atom stereocenters. The molecule has 0 aliphatic heterocycles. The minimum Gasteiger partial charge on any atom is -0.480 e. The van der Waals surface area contributed by atoms with Gasteiger partial charge in [0.05, 0.1) is 5.69 Å². The largest absolute Gasteiger partial charge is 0.480 e. The first-order valence-corrected chi connectivity index (χ1v) is 6.25. The maximum Gasteiger partial charge on any atom is 0.326 e. The van der Waals surface area contributed by atoms with Gasteiger partial charge in [-0.3, -0.25) is 9.59 Å². The molecule has 0 aliphatic rings. The quantitative estimate of drug-likeness (QED) is 0.823. The van der Waals surface area contributed by atoms with Gasteiger partial charge in [0.1, 0.15) is 11.6 Å². The summed E-state index contributed by atoms with van der Waals surface area (Å²) in [5.74, 6) is -2.10. The van der Waals surface area contributed by atoms with Gasteiger partial charge in [0.15, 0.2) is 0 Å². The van der Waals surface area contributed by atoms with Crippen molar-refractivity contribution < 1.29 is 14.7 Å². The van der Waals surface area contributed by atoms with Crippen LogP contribution in [0.1, 0.15) is 35.5 Å². The Morgan fingerprint density at radius 3 is 2.30 bits per heavy atom. The number of carbonyl (C=O) groups is 2. The van der Waals surface area contributed by atoms with E-state index in [1.54, 1.807) is 27.7 Å². The minimum atomic E-state index is -1.13. The topological polar surface area (TPSA) is 101 Å². The molecule has 1 amide bonds. The lowest BCUT2D eigenvalue weighted by molar-refractivity contribution is -0.140. The highest BCUT2D eigenvalue weighted by atomic mass is 16.4. The Morgan fingerprint density at radius 2 is 1.85 bits per heavy atom. The average Bonchev–Trinajstić information content (AvgIpc) is 2.33. The molecule has 110 valence electrons. The fraction of sp³-hybridized carbons (Fsp3) is 0.538. The van der Waals surface area contributed by atoms with E-state index in [1.807, 2.05) is 0 Å². The second-order valence-electron chi connectivity index (χ2n) is 5.05. The van der Waals surface area contributed by atoms with Crippen LogP contribution in [-0.2, 0) is 11.8 Å². The van der Waals surface area contributed by atoms with Gasteiger partial charge < -0.3 is 10.4 Å². The molecule has 1 aromatic rings. The zero-order chi connectivity index (χ0) is 15.6.